The fourth-order valence-corrected chi connectivity index (χ4v) is 16.7. The Labute approximate surface area is 324 Å². The van der Waals surface area contributed by atoms with Crippen LogP contribution in [0.15, 0.2) is 54.6 Å². The molecule has 6 nitrogen and oxygen atoms in total. The Morgan fingerprint density at radius 2 is 0.963 bits per heavy atom. The number of nitrogens with one attached hydrogen (secondary N) is 2. The molecule has 10 aliphatic rings. The largest absolute Gasteiger partial charge is 0.353 e. The summed E-state index contributed by atoms with van der Waals surface area (Å²) in [7, 11) is 0. The highest BCUT2D eigenvalue weighted by atomic mass is 16.2. The lowest BCUT2D eigenvalue weighted by Gasteiger charge is -2.70. The van der Waals surface area contributed by atoms with Crippen LogP contribution in [0.2, 0.25) is 0 Å². The minimum Gasteiger partial charge on any atom is -0.353 e. The monoisotopic (exact) mass is 731 g/mol. The van der Waals surface area contributed by atoms with Gasteiger partial charge >= 0.3 is 0 Å². The van der Waals surface area contributed by atoms with E-state index in [0.717, 1.165) is 109 Å². The van der Waals surface area contributed by atoms with Gasteiger partial charge in [0.1, 0.15) is 0 Å². The minimum atomic E-state index is -0.366. The second-order valence-electron chi connectivity index (χ2n) is 22.2. The van der Waals surface area contributed by atoms with Crippen molar-refractivity contribution in [2.45, 2.75) is 183 Å². The topological polar surface area (TPSA) is 110 Å². The van der Waals surface area contributed by atoms with Crippen LogP contribution in [0.3, 0.4) is 0 Å². The zero-order valence-electron chi connectivity index (χ0n) is 33.2. The third-order valence-electron chi connectivity index (χ3n) is 17.3. The molecule has 8 unspecified atom stereocenters. The van der Waals surface area contributed by atoms with Crippen molar-refractivity contribution in [2.24, 2.45) is 39.0 Å². The predicted octanol–water partition coefficient (Wildman–Crippen LogP) is 8.24. The van der Waals surface area contributed by atoms with E-state index >= 15 is 0 Å². The van der Waals surface area contributed by atoms with Crippen LogP contribution < -0.4 is 22.1 Å². The maximum Gasteiger partial charge on any atom is 0.226 e. The molecule has 0 aliphatic heterocycles. The molecule has 0 heterocycles. The van der Waals surface area contributed by atoms with Crippen LogP contribution in [-0.4, -0.2) is 36.0 Å². The highest BCUT2D eigenvalue weighted by Gasteiger charge is 2.70. The molecule has 6 heteroatoms. The highest BCUT2D eigenvalue weighted by Crippen LogP contribution is 2.75. The van der Waals surface area contributed by atoms with Crippen molar-refractivity contribution in [3.63, 3.8) is 0 Å². The van der Waals surface area contributed by atoms with Crippen LogP contribution in [0.1, 0.15) is 159 Å². The van der Waals surface area contributed by atoms with Gasteiger partial charge in [-0.05, 0) is 178 Å². The molecule has 0 aromatic heterocycles. The Morgan fingerprint density at radius 3 is 1.52 bits per heavy atom. The summed E-state index contributed by atoms with van der Waals surface area (Å²) in [4.78, 5) is 29.2. The standard InChI is InChI=1S/C48H66N4O2/c1-42-20-32-21-44(23-42,28-45(22-32,24-42)40(53)51-38-16-12-36(49)13-17-38)34-8-10-35(11-9-34)47-26-43(2)25-46(29-47,33-6-4-3-5-7-33)30-48(27-43,31-47)41(54)52-39-18-14-37(50)15-19-39/h3-11,32,36-39H,12-31,49-50H2,1-2H3,(H,51,53)(H,52,54)/t32?,36-,37-,38+,39-,42?,43?,44?,45?,46?,47?,48?. The molecule has 54 heavy (non-hydrogen) atoms. The molecular formula is C48H66N4O2. The Bertz CT molecular complexity index is 1800. The smallest absolute Gasteiger partial charge is 0.226 e. The fourth-order valence-electron chi connectivity index (χ4n) is 16.7. The van der Waals surface area contributed by atoms with E-state index in [0.29, 0.717) is 17.7 Å². The number of nitrogens with two attached hydrogens (primary N) is 2. The summed E-state index contributed by atoms with van der Waals surface area (Å²) in [6.07, 6.45) is 21.1. The van der Waals surface area contributed by atoms with E-state index in [9.17, 15) is 9.59 Å². The van der Waals surface area contributed by atoms with Crippen molar-refractivity contribution in [3.8, 4) is 0 Å². The minimum absolute atomic E-state index is 0.00660. The van der Waals surface area contributed by atoms with Crippen molar-refractivity contribution >= 4 is 11.8 Å². The van der Waals surface area contributed by atoms with Crippen molar-refractivity contribution < 1.29 is 9.59 Å². The molecule has 6 N–H and O–H groups in total. The van der Waals surface area contributed by atoms with Crippen LogP contribution in [0.4, 0.5) is 0 Å². The average Bonchev–Trinajstić information content (AvgIpc) is 3.12. The van der Waals surface area contributed by atoms with Crippen molar-refractivity contribution in [3.05, 3.63) is 71.3 Å². The first-order valence-electron chi connectivity index (χ1n) is 22.0. The van der Waals surface area contributed by atoms with Gasteiger partial charge in [0.05, 0.1) is 10.8 Å². The molecule has 2 aromatic carbocycles. The summed E-state index contributed by atoms with van der Waals surface area (Å²) in [5, 5.41) is 7.24. The lowest BCUT2D eigenvalue weighted by Crippen LogP contribution is -2.67. The van der Waals surface area contributed by atoms with Gasteiger partial charge in [0, 0.05) is 24.2 Å². The summed E-state index contributed by atoms with van der Waals surface area (Å²) in [6.45, 7) is 5.00. The molecule has 0 spiro atoms. The van der Waals surface area contributed by atoms with Gasteiger partial charge in [-0.2, -0.15) is 0 Å². The van der Waals surface area contributed by atoms with Gasteiger partial charge in [-0.25, -0.2) is 0 Å². The summed E-state index contributed by atoms with van der Waals surface area (Å²) < 4.78 is 0. The molecule has 8 bridgehead atoms. The number of amides is 2. The maximum absolute atomic E-state index is 14.8. The summed E-state index contributed by atoms with van der Waals surface area (Å²) in [5.41, 5.74) is 16.5. The Balaban J connectivity index is 0.973. The van der Waals surface area contributed by atoms with Gasteiger partial charge in [-0.15, -0.1) is 0 Å². The molecule has 2 aromatic rings. The van der Waals surface area contributed by atoms with E-state index in [1.165, 1.54) is 36.0 Å². The molecule has 0 saturated heterocycles. The summed E-state index contributed by atoms with van der Waals surface area (Å²) >= 11 is 0. The van der Waals surface area contributed by atoms with Crippen LogP contribution in [0.5, 0.6) is 0 Å². The summed E-state index contributed by atoms with van der Waals surface area (Å²) in [5.74, 6) is 1.27. The van der Waals surface area contributed by atoms with Crippen molar-refractivity contribution in [1.82, 2.24) is 10.6 Å². The number of rotatable bonds is 7. The highest BCUT2D eigenvalue weighted by molar-refractivity contribution is 5.85. The fraction of sp³-hybridized carbons (Fsp3) is 0.708. The zero-order valence-corrected chi connectivity index (χ0v) is 33.2. The SMILES string of the molecule is CC12CC3CC(C(=O)N[C@H]4CC[C@@H](N)CC4)(C1)CC(c1ccc(C45CC6(C)CC(C(=O)N[C@H]7CC[C@H](N)CC7)(CC(c7ccccc7)(C6)C4)C5)cc1)(C3)C2. The summed E-state index contributed by atoms with van der Waals surface area (Å²) in [6, 6.07) is 22.3. The van der Waals surface area contributed by atoms with Crippen molar-refractivity contribution in [1.29, 1.82) is 0 Å². The van der Waals surface area contributed by atoms with E-state index in [2.05, 4.69) is 79.1 Å². The quantitative estimate of drug-likeness (QED) is 0.230. The lowest BCUT2D eigenvalue weighted by molar-refractivity contribution is -0.166. The number of hydrogen-bond acceptors (Lipinski definition) is 4. The third-order valence-corrected chi connectivity index (χ3v) is 17.3. The zero-order chi connectivity index (χ0) is 37.2. The van der Waals surface area contributed by atoms with E-state index in [-0.39, 0.29) is 62.1 Å². The van der Waals surface area contributed by atoms with Gasteiger partial charge < -0.3 is 22.1 Å². The molecule has 12 rings (SSSR count). The third kappa shape index (κ3) is 5.68. The molecular weight excluding hydrogens is 665 g/mol. The molecule has 8 atom stereocenters. The number of carbonyl (C=O) groups is 2. The molecule has 2 amide bonds. The van der Waals surface area contributed by atoms with Gasteiger partial charge in [0.15, 0.2) is 0 Å². The predicted molar refractivity (Wildman–Crippen MR) is 215 cm³/mol. The maximum atomic E-state index is 14.8. The first-order chi connectivity index (χ1) is 25.8. The number of benzene rings is 2. The van der Waals surface area contributed by atoms with Crippen LogP contribution in [-0.2, 0) is 25.8 Å². The van der Waals surface area contributed by atoms with Crippen molar-refractivity contribution in [2.75, 3.05) is 0 Å². The Morgan fingerprint density at radius 1 is 0.500 bits per heavy atom. The lowest BCUT2D eigenvalue weighted by atomic mass is 9.33. The first-order valence-corrected chi connectivity index (χ1v) is 22.0. The normalized spacial score (nSPS) is 47.4. The van der Waals surface area contributed by atoms with Gasteiger partial charge in [-0.3, -0.25) is 9.59 Å². The molecule has 10 aliphatic carbocycles. The van der Waals surface area contributed by atoms with Crippen LogP contribution >= 0.6 is 0 Å². The van der Waals surface area contributed by atoms with E-state index in [4.69, 9.17) is 11.5 Å². The number of carbonyl (C=O) groups excluding carboxylic acids is 2. The Hall–Kier alpha value is -2.70. The number of hydrogen-bond donors (Lipinski definition) is 4. The second kappa shape index (κ2) is 12.2. The Kier molecular flexibility index (Phi) is 8.03. The average molecular weight is 731 g/mol. The van der Waals surface area contributed by atoms with Gasteiger partial charge in [-0.1, -0.05) is 68.4 Å². The second-order valence-corrected chi connectivity index (χ2v) is 22.2. The van der Waals surface area contributed by atoms with Crippen LogP contribution in [0, 0.1) is 27.6 Å². The van der Waals surface area contributed by atoms with Crippen LogP contribution in [0.25, 0.3) is 0 Å². The van der Waals surface area contributed by atoms with E-state index in [1.54, 1.807) is 0 Å². The van der Waals surface area contributed by atoms with E-state index < -0.39 is 0 Å². The molecule has 290 valence electrons. The molecule has 10 fully saturated rings. The van der Waals surface area contributed by atoms with Gasteiger partial charge in [0.25, 0.3) is 0 Å². The molecule has 10 saturated carbocycles. The van der Waals surface area contributed by atoms with Gasteiger partial charge in [0.2, 0.25) is 11.8 Å². The first kappa shape index (κ1) is 35.7. The molecule has 0 radical (unpaired) electrons. The van der Waals surface area contributed by atoms with E-state index in [1.807, 2.05) is 0 Å².